The highest BCUT2D eigenvalue weighted by Crippen LogP contribution is 2.60. The van der Waals surface area contributed by atoms with Crippen molar-refractivity contribution in [3.63, 3.8) is 0 Å². The normalized spacial score (nSPS) is 20.5. The predicted octanol–water partition coefficient (Wildman–Crippen LogP) is 5.54. The summed E-state index contributed by atoms with van der Waals surface area (Å²) < 4.78 is 2.13. The van der Waals surface area contributed by atoms with Gasteiger partial charge in [-0.15, -0.1) is 0 Å². The summed E-state index contributed by atoms with van der Waals surface area (Å²) in [5, 5.41) is 0. The summed E-state index contributed by atoms with van der Waals surface area (Å²) in [4.78, 5) is 13.4. The summed E-state index contributed by atoms with van der Waals surface area (Å²) in [6, 6.07) is 16.6. The van der Waals surface area contributed by atoms with Gasteiger partial charge in [0.05, 0.1) is 10.8 Å². The lowest BCUT2D eigenvalue weighted by Gasteiger charge is -2.22. The zero-order chi connectivity index (χ0) is 15.4. The van der Waals surface area contributed by atoms with Gasteiger partial charge in [0.15, 0.2) is 5.78 Å². The second-order valence-electron chi connectivity index (χ2n) is 6.51. The SMILES string of the molecule is O=C(C1(c2ccc(Br)cc2)CC1)C1(c2ccc(Br)cc2)CC1. The molecule has 0 aliphatic heterocycles. The van der Waals surface area contributed by atoms with E-state index in [1.54, 1.807) is 0 Å². The molecular weight excluding hydrogens is 404 g/mol. The van der Waals surface area contributed by atoms with Crippen molar-refractivity contribution in [1.82, 2.24) is 0 Å². The van der Waals surface area contributed by atoms with Crippen LogP contribution in [0.15, 0.2) is 57.5 Å². The number of hydrogen-bond donors (Lipinski definition) is 0. The fourth-order valence-electron chi connectivity index (χ4n) is 3.54. The fourth-order valence-corrected chi connectivity index (χ4v) is 4.07. The summed E-state index contributed by atoms with van der Waals surface area (Å²) in [5.41, 5.74) is 1.90. The molecule has 2 fully saturated rings. The average Bonchev–Trinajstić information content (AvgIpc) is 3.42. The monoisotopic (exact) mass is 418 g/mol. The largest absolute Gasteiger partial charge is 0.298 e. The first-order valence-corrected chi connectivity index (χ1v) is 9.23. The molecule has 0 radical (unpaired) electrons. The second-order valence-corrected chi connectivity index (χ2v) is 8.34. The lowest BCUT2D eigenvalue weighted by atomic mass is 9.79. The van der Waals surface area contributed by atoms with Gasteiger partial charge in [0, 0.05) is 8.95 Å². The van der Waals surface area contributed by atoms with Crippen molar-refractivity contribution in [1.29, 1.82) is 0 Å². The van der Waals surface area contributed by atoms with E-state index in [1.165, 1.54) is 11.1 Å². The Morgan fingerprint density at radius 3 is 1.27 bits per heavy atom. The molecule has 0 bridgehead atoms. The Bertz CT molecular complexity index is 660. The molecule has 2 aromatic rings. The average molecular weight is 420 g/mol. The number of hydrogen-bond acceptors (Lipinski definition) is 1. The first-order chi connectivity index (χ1) is 10.6. The Balaban J connectivity index is 1.69. The summed E-state index contributed by atoms with van der Waals surface area (Å²) in [6.07, 6.45) is 3.97. The highest BCUT2D eigenvalue weighted by molar-refractivity contribution is 9.10. The summed E-state index contributed by atoms with van der Waals surface area (Å²) >= 11 is 6.95. The van der Waals surface area contributed by atoms with Crippen LogP contribution in [0.5, 0.6) is 0 Å². The second kappa shape index (κ2) is 5.04. The van der Waals surface area contributed by atoms with Crippen molar-refractivity contribution < 1.29 is 4.79 Å². The lowest BCUT2D eigenvalue weighted by molar-refractivity contribution is -0.124. The van der Waals surface area contributed by atoms with E-state index in [1.807, 2.05) is 24.3 Å². The van der Waals surface area contributed by atoms with Crippen LogP contribution in [0.3, 0.4) is 0 Å². The van der Waals surface area contributed by atoms with E-state index in [-0.39, 0.29) is 10.8 Å². The number of rotatable bonds is 4. The molecule has 22 heavy (non-hydrogen) atoms. The first kappa shape index (κ1) is 14.6. The molecule has 0 atom stereocenters. The summed E-state index contributed by atoms with van der Waals surface area (Å²) in [7, 11) is 0. The van der Waals surface area contributed by atoms with Crippen LogP contribution in [0, 0.1) is 0 Å². The van der Waals surface area contributed by atoms with E-state index >= 15 is 0 Å². The molecule has 1 nitrogen and oxygen atoms in total. The van der Waals surface area contributed by atoms with E-state index in [0.717, 1.165) is 34.6 Å². The van der Waals surface area contributed by atoms with Crippen molar-refractivity contribution in [3.8, 4) is 0 Å². The molecule has 0 heterocycles. The maximum atomic E-state index is 13.4. The van der Waals surface area contributed by atoms with Crippen molar-refractivity contribution in [2.45, 2.75) is 36.5 Å². The number of ketones is 1. The lowest BCUT2D eigenvalue weighted by Crippen LogP contribution is -2.32. The smallest absolute Gasteiger partial charge is 0.153 e. The van der Waals surface area contributed by atoms with Gasteiger partial charge in [0.1, 0.15) is 0 Å². The standard InChI is InChI=1S/C19H16Br2O/c20-15-5-1-13(2-6-15)18(9-10-18)17(22)19(11-12-19)14-3-7-16(21)8-4-14/h1-8H,9-12H2. The highest BCUT2D eigenvalue weighted by Gasteiger charge is 2.63. The van der Waals surface area contributed by atoms with E-state index in [9.17, 15) is 4.79 Å². The van der Waals surface area contributed by atoms with Crippen LogP contribution in [0.4, 0.5) is 0 Å². The van der Waals surface area contributed by atoms with E-state index < -0.39 is 0 Å². The molecule has 2 aliphatic rings. The van der Waals surface area contributed by atoms with Crippen LogP contribution in [0.1, 0.15) is 36.8 Å². The van der Waals surface area contributed by atoms with Gasteiger partial charge in [-0.1, -0.05) is 56.1 Å². The molecule has 2 aliphatic carbocycles. The number of Topliss-reactive ketones (excluding diaryl/α,β-unsaturated/α-hetero) is 1. The number of carbonyl (C=O) groups excluding carboxylic acids is 1. The van der Waals surface area contributed by atoms with Gasteiger partial charge < -0.3 is 0 Å². The van der Waals surface area contributed by atoms with Crippen LogP contribution < -0.4 is 0 Å². The Morgan fingerprint density at radius 1 is 0.682 bits per heavy atom. The minimum Gasteiger partial charge on any atom is -0.298 e. The predicted molar refractivity (Wildman–Crippen MR) is 95.1 cm³/mol. The van der Waals surface area contributed by atoms with Crippen molar-refractivity contribution in [2.75, 3.05) is 0 Å². The zero-order valence-corrected chi connectivity index (χ0v) is 15.3. The van der Waals surface area contributed by atoms with Crippen LogP contribution in [-0.4, -0.2) is 5.78 Å². The van der Waals surface area contributed by atoms with Crippen LogP contribution in [-0.2, 0) is 15.6 Å². The Morgan fingerprint density at radius 2 is 1.00 bits per heavy atom. The minimum absolute atomic E-state index is 0.232. The summed E-state index contributed by atoms with van der Waals surface area (Å²) in [6.45, 7) is 0. The van der Waals surface area contributed by atoms with E-state index in [4.69, 9.17) is 0 Å². The molecular formula is C19H16Br2O. The Hall–Kier alpha value is -0.930. The van der Waals surface area contributed by atoms with Gasteiger partial charge in [0.2, 0.25) is 0 Å². The van der Waals surface area contributed by atoms with Crippen molar-refractivity contribution in [2.24, 2.45) is 0 Å². The third-order valence-electron chi connectivity index (χ3n) is 5.16. The molecule has 2 saturated carbocycles. The van der Waals surface area contributed by atoms with E-state index in [0.29, 0.717) is 5.78 Å². The van der Waals surface area contributed by atoms with Gasteiger partial charge in [-0.2, -0.15) is 0 Å². The molecule has 0 aromatic heterocycles. The van der Waals surface area contributed by atoms with E-state index in [2.05, 4.69) is 56.1 Å². The zero-order valence-electron chi connectivity index (χ0n) is 12.1. The molecule has 3 heteroatoms. The quantitative estimate of drug-likeness (QED) is 0.635. The molecule has 4 rings (SSSR count). The molecule has 2 aromatic carbocycles. The molecule has 0 amide bonds. The molecule has 0 spiro atoms. The van der Waals surface area contributed by atoms with Gasteiger partial charge in [0.25, 0.3) is 0 Å². The maximum Gasteiger partial charge on any atom is 0.153 e. The van der Waals surface area contributed by atoms with Crippen LogP contribution >= 0.6 is 31.9 Å². The van der Waals surface area contributed by atoms with Gasteiger partial charge in [-0.3, -0.25) is 4.79 Å². The van der Waals surface area contributed by atoms with Crippen LogP contribution in [0.25, 0.3) is 0 Å². The summed E-state index contributed by atoms with van der Waals surface area (Å²) in [5.74, 6) is 0.435. The van der Waals surface area contributed by atoms with Gasteiger partial charge in [-0.25, -0.2) is 0 Å². The molecule has 112 valence electrons. The maximum absolute atomic E-state index is 13.4. The number of carbonyl (C=O) groups is 1. The molecule has 0 N–H and O–H groups in total. The van der Waals surface area contributed by atoms with Crippen molar-refractivity contribution in [3.05, 3.63) is 68.6 Å². The highest BCUT2D eigenvalue weighted by atomic mass is 79.9. The fraction of sp³-hybridized carbons (Fsp3) is 0.316. The number of benzene rings is 2. The van der Waals surface area contributed by atoms with Crippen LogP contribution in [0.2, 0.25) is 0 Å². The Labute approximate surface area is 147 Å². The number of halogens is 2. The third-order valence-corrected chi connectivity index (χ3v) is 6.22. The first-order valence-electron chi connectivity index (χ1n) is 7.64. The van der Waals surface area contributed by atoms with Gasteiger partial charge in [-0.05, 0) is 61.1 Å². The minimum atomic E-state index is -0.232. The Kier molecular flexibility index (Phi) is 3.35. The molecule has 0 unspecified atom stereocenters. The topological polar surface area (TPSA) is 17.1 Å². The van der Waals surface area contributed by atoms with Gasteiger partial charge >= 0.3 is 0 Å². The van der Waals surface area contributed by atoms with Crippen molar-refractivity contribution >= 4 is 37.6 Å². The molecule has 0 saturated heterocycles. The third kappa shape index (κ3) is 2.21.